The SMILES string of the molecule is CC[N+](C)(CC)CCOC(=O)C(C1CCCCC1)C(O)C1CCCCC1. The molecule has 0 heterocycles. The van der Waals surface area contributed by atoms with Crippen LogP contribution < -0.4 is 0 Å². The fourth-order valence-corrected chi connectivity index (χ4v) is 4.88. The highest BCUT2D eigenvalue weighted by Gasteiger charge is 2.40. The molecule has 1 N–H and O–H groups in total. The lowest BCUT2D eigenvalue weighted by Gasteiger charge is -2.37. The maximum Gasteiger partial charge on any atom is 0.312 e. The summed E-state index contributed by atoms with van der Waals surface area (Å²) in [7, 11) is 2.21. The number of rotatable bonds is 9. The van der Waals surface area contributed by atoms with E-state index >= 15 is 0 Å². The number of likely N-dealkylation sites (N-methyl/N-ethyl adjacent to an activating group) is 1. The van der Waals surface area contributed by atoms with Gasteiger partial charge in [0, 0.05) is 0 Å². The number of ether oxygens (including phenoxy) is 1. The number of carbonyl (C=O) groups is 1. The number of carbonyl (C=O) groups excluding carboxylic acids is 1. The van der Waals surface area contributed by atoms with Crippen LogP contribution in [0.5, 0.6) is 0 Å². The van der Waals surface area contributed by atoms with Gasteiger partial charge in [-0.05, 0) is 51.4 Å². The number of hydrogen-bond acceptors (Lipinski definition) is 3. The predicted octanol–water partition coefficient (Wildman–Crippen LogP) is 4.15. The van der Waals surface area contributed by atoms with Crippen LogP contribution in [0, 0.1) is 17.8 Å². The van der Waals surface area contributed by atoms with Gasteiger partial charge in [0.1, 0.15) is 13.2 Å². The molecule has 2 aliphatic rings. The molecule has 2 saturated carbocycles. The average molecular weight is 369 g/mol. The van der Waals surface area contributed by atoms with Crippen LogP contribution >= 0.6 is 0 Å². The third-order valence-corrected chi connectivity index (χ3v) is 7.33. The fraction of sp³-hybridized carbons (Fsp3) is 0.955. The lowest BCUT2D eigenvalue weighted by Crippen LogP contribution is -2.47. The molecule has 4 nitrogen and oxygen atoms in total. The highest BCUT2D eigenvalue weighted by molar-refractivity contribution is 5.73. The van der Waals surface area contributed by atoms with E-state index in [1.807, 2.05) is 0 Å². The van der Waals surface area contributed by atoms with Crippen molar-refractivity contribution in [1.82, 2.24) is 0 Å². The third kappa shape index (κ3) is 5.95. The Kier molecular flexibility index (Phi) is 8.89. The molecule has 0 aromatic carbocycles. The summed E-state index contributed by atoms with van der Waals surface area (Å²) in [5.41, 5.74) is 0. The molecule has 0 amide bonds. The summed E-state index contributed by atoms with van der Waals surface area (Å²) in [5, 5.41) is 11.1. The molecule has 0 saturated heterocycles. The summed E-state index contributed by atoms with van der Waals surface area (Å²) >= 11 is 0. The van der Waals surface area contributed by atoms with Crippen molar-refractivity contribution in [3.63, 3.8) is 0 Å². The van der Waals surface area contributed by atoms with Gasteiger partial charge in [0.15, 0.2) is 0 Å². The minimum Gasteiger partial charge on any atom is -0.459 e. The smallest absolute Gasteiger partial charge is 0.312 e. The van der Waals surface area contributed by atoms with Crippen LogP contribution in [0.4, 0.5) is 0 Å². The molecule has 2 aliphatic carbocycles. The van der Waals surface area contributed by atoms with Crippen LogP contribution in [0.3, 0.4) is 0 Å². The number of quaternary nitrogens is 1. The molecule has 2 rings (SSSR count). The Balaban J connectivity index is 1.98. The summed E-state index contributed by atoms with van der Waals surface area (Å²) in [4.78, 5) is 13.0. The lowest BCUT2D eigenvalue weighted by molar-refractivity contribution is -0.906. The second-order valence-corrected chi connectivity index (χ2v) is 8.96. The Hall–Kier alpha value is -0.610. The molecular formula is C22H42NO3+. The largest absolute Gasteiger partial charge is 0.459 e. The lowest BCUT2D eigenvalue weighted by atomic mass is 9.72. The van der Waals surface area contributed by atoms with Crippen molar-refractivity contribution in [2.24, 2.45) is 17.8 Å². The van der Waals surface area contributed by atoms with Crippen molar-refractivity contribution < 1.29 is 19.1 Å². The van der Waals surface area contributed by atoms with E-state index in [0.717, 1.165) is 49.8 Å². The molecule has 0 radical (unpaired) electrons. The minimum absolute atomic E-state index is 0.131. The standard InChI is InChI=1S/C22H42NO3/c1-4-23(3,5-2)16-17-26-22(25)20(18-12-8-6-9-13-18)21(24)19-14-10-7-11-15-19/h18-21,24H,4-17H2,1-3H3/q+1. The molecule has 2 unspecified atom stereocenters. The molecular weight excluding hydrogens is 326 g/mol. The predicted molar refractivity (Wildman–Crippen MR) is 106 cm³/mol. The van der Waals surface area contributed by atoms with E-state index in [9.17, 15) is 9.90 Å². The molecule has 2 atom stereocenters. The van der Waals surface area contributed by atoms with E-state index in [1.165, 1.54) is 38.5 Å². The van der Waals surface area contributed by atoms with Crippen molar-refractivity contribution >= 4 is 5.97 Å². The molecule has 26 heavy (non-hydrogen) atoms. The molecule has 2 fully saturated rings. The van der Waals surface area contributed by atoms with Crippen LogP contribution in [0.2, 0.25) is 0 Å². The first-order valence-electron chi connectivity index (χ1n) is 11.2. The van der Waals surface area contributed by atoms with Gasteiger partial charge in [-0.2, -0.15) is 0 Å². The van der Waals surface area contributed by atoms with Crippen molar-refractivity contribution in [3.05, 3.63) is 0 Å². The quantitative estimate of drug-likeness (QED) is 0.491. The molecule has 0 aromatic rings. The zero-order chi connectivity index (χ0) is 19.0. The summed E-state index contributed by atoms with van der Waals surface area (Å²) < 4.78 is 6.68. The molecule has 0 spiro atoms. The van der Waals surface area contributed by atoms with E-state index < -0.39 is 6.10 Å². The second-order valence-electron chi connectivity index (χ2n) is 8.96. The van der Waals surface area contributed by atoms with Crippen LogP contribution in [0.1, 0.15) is 78.1 Å². The van der Waals surface area contributed by atoms with Gasteiger partial charge in [-0.1, -0.05) is 38.5 Å². The van der Waals surface area contributed by atoms with Gasteiger partial charge >= 0.3 is 5.97 Å². The van der Waals surface area contributed by atoms with Crippen LogP contribution in [0.15, 0.2) is 0 Å². The van der Waals surface area contributed by atoms with Gasteiger partial charge in [0.25, 0.3) is 0 Å². The molecule has 152 valence electrons. The Morgan fingerprint density at radius 3 is 1.96 bits per heavy atom. The van der Waals surface area contributed by atoms with E-state index in [1.54, 1.807) is 0 Å². The van der Waals surface area contributed by atoms with Gasteiger partial charge in [-0.25, -0.2) is 0 Å². The highest BCUT2D eigenvalue weighted by atomic mass is 16.5. The Labute approximate surface area is 160 Å². The molecule has 0 bridgehead atoms. The van der Waals surface area contributed by atoms with Gasteiger partial charge < -0.3 is 14.3 Å². The summed E-state index contributed by atoms with van der Waals surface area (Å²) in [6.45, 7) is 7.79. The van der Waals surface area contributed by atoms with Gasteiger partial charge in [0.2, 0.25) is 0 Å². The van der Waals surface area contributed by atoms with Gasteiger partial charge in [-0.3, -0.25) is 4.79 Å². The average Bonchev–Trinajstić information content (AvgIpc) is 2.69. The summed E-state index contributed by atoms with van der Waals surface area (Å²) in [6, 6.07) is 0. The summed E-state index contributed by atoms with van der Waals surface area (Å²) in [6.07, 6.45) is 11.1. The van der Waals surface area contributed by atoms with Gasteiger partial charge in [-0.15, -0.1) is 0 Å². The Morgan fingerprint density at radius 2 is 1.46 bits per heavy atom. The van der Waals surface area contributed by atoms with Gasteiger partial charge in [0.05, 0.1) is 32.2 Å². The van der Waals surface area contributed by atoms with Crippen molar-refractivity contribution in [3.8, 4) is 0 Å². The minimum atomic E-state index is -0.510. The van der Waals surface area contributed by atoms with E-state index in [0.29, 0.717) is 12.5 Å². The first-order valence-corrected chi connectivity index (χ1v) is 11.2. The van der Waals surface area contributed by atoms with E-state index in [2.05, 4.69) is 20.9 Å². The number of nitrogens with zero attached hydrogens (tertiary/aromatic N) is 1. The molecule has 4 heteroatoms. The molecule has 0 aromatic heterocycles. The van der Waals surface area contributed by atoms with Crippen molar-refractivity contribution in [2.45, 2.75) is 84.2 Å². The van der Waals surface area contributed by atoms with Crippen LogP contribution in [-0.2, 0) is 9.53 Å². The normalized spacial score (nSPS) is 22.8. The second kappa shape index (κ2) is 10.7. The van der Waals surface area contributed by atoms with Crippen molar-refractivity contribution in [1.29, 1.82) is 0 Å². The zero-order valence-electron chi connectivity index (χ0n) is 17.4. The number of hydrogen-bond donors (Lipinski definition) is 1. The number of aliphatic hydroxyl groups is 1. The van der Waals surface area contributed by atoms with E-state index in [4.69, 9.17) is 4.74 Å². The topological polar surface area (TPSA) is 46.5 Å². The maximum atomic E-state index is 13.0. The Morgan fingerprint density at radius 1 is 0.962 bits per heavy atom. The fourth-order valence-electron chi connectivity index (χ4n) is 4.88. The first kappa shape index (κ1) is 21.7. The van der Waals surface area contributed by atoms with Crippen LogP contribution in [0.25, 0.3) is 0 Å². The zero-order valence-corrected chi connectivity index (χ0v) is 17.4. The highest BCUT2D eigenvalue weighted by Crippen LogP contribution is 2.38. The summed E-state index contributed by atoms with van der Waals surface area (Å²) in [5.74, 6) is 0.163. The van der Waals surface area contributed by atoms with Crippen molar-refractivity contribution in [2.75, 3.05) is 33.3 Å². The number of esters is 1. The number of aliphatic hydroxyl groups excluding tert-OH is 1. The monoisotopic (exact) mass is 368 g/mol. The van der Waals surface area contributed by atoms with Crippen LogP contribution in [-0.4, -0.2) is 55.0 Å². The maximum absolute atomic E-state index is 13.0. The Bertz CT molecular complexity index is 410. The first-order chi connectivity index (χ1) is 12.5. The van der Waals surface area contributed by atoms with E-state index in [-0.39, 0.29) is 17.8 Å². The molecule has 0 aliphatic heterocycles. The third-order valence-electron chi connectivity index (χ3n) is 7.33.